The highest BCUT2D eigenvalue weighted by Crippen LogP contribution is 2.24. The van der Waals surface area contributed by atoms with Crippen molar-refractivity contribution >= 4 is 11.8 Å². The maximum absolute atomic E-state index is 13.1. The molecule has 13 heavy (non-hydrogen) atoms. The Morgan fingerprint density at radius 1 is 1.38 bits per heavy atom. The van der Waals surface area contributed by atoms with Crippen molar-refractivity contribution in [3.05, 3.63) is 0 Å². The van der Waals surface area contributed by atoms with E-state index >= 15 is 0 Å². The van der Waals surface area contributed by atoms with E-state index in [0.717, 1.165) is 13.1 Å². The summed E-state index contributed by atoms with van der Waals surface area (Å²) < 4.78 is 13.1. The van der Waals surface area contributed by atoms with Gasteiger partial charge in [-0.2, -0.15) is 11.8 Å². The second-order valence-electron chi connectivity index (χ2n) is 3.98. The fraction of sp³-hybridized carbons (Fsp3) is 1.00. The van der Waals surface area contributed by atoms with E-state index in [1.54, 1.807) is 0 Å². The fourth-order valence-corrected chi connectivity index (χ4v) is 3.23. The number of nitrogens with zero attached hydrogens (tertiary/aromatic N) is 1. The molecule has 0 aromatic carbocycles. The highest BCUT2D eigenvalue weighted by atomic mass is 32.2. The smallest absolute Gasteiger partial charge is 0.112 e. The van der Waals surface area contributed by atoms with Crippen molar-refractivity contribution in [2.45, 2.75) is 43.9 Å². The molecule has 3 unspecified atom stereocenters. The zero-order valence-electron chi connectivity index (χ0n) is 8.79. The lowest BCUT2D eigenvalue weighted by Gasteiger charge is -2.35. The molecule has 0 saturated carbocycles. The molecule has 1 rings (SSSR count). The molecule has 1 nitrogen and oxygen atoms in total. The lowest BCUT2D eigenvalue weighted by Crippen LogP contribution is -2.43. The topological polar surface area (TPSA) is 3.24 Å². The maximum atomic E-state index is 13.1. The van der Waals surface area contributed by atoms with E-state index in [1.165, 1.54) is 0 Å². The summed E-state index contributed by atoms with van der Waals surface area (Å²) in [6, 6.07) is 0. The SMILES string of the molecule is CCC(F)CN1CC(C)SC(C)C1. The van der Waals surface area contributed by atoms with Gasteiger partial charge in [0.05, 0.1) is 0 Å². The van der Waals surface area contributed by atoms with Gasteiger partial charge in [0.1, 0.15) is 6.17 Å². The van der Waals surface area contributed by atoms with E-state index < -0.39 is 6.17 Å². The van der Waals surface area contributed by atoms with Gasteiger partial charge in [-0.25, -0.2) is 4.39 Å². The Labute approximate surface area is 85.1 Å². The van der Waals surface area contributed by atoms with E-state index in [2.05, 4.69) is 18.7 Å². The zero-order valence-corrected chi connectivity index (χ0v) is 9.61. The highest BCUT2D eigenvalue weighted by Gasteiger charge is 2.23. The van der Waals surface area contributed by atoms with E-state index in [-0.39, 0.29) is 0 Å². The van der Waals surface area contributed by atoms with E-state index in [9.17, 15) is 4.39 Å². The number of halogens is 1. The van der Waals surface area contributed by atoms with Crippen LogP contribution in [0.5, 0.6) is 0 Å². The molecule has 0 aromatic heterocycles. The minimum atomic E-state index is -0.637. The van der Waals surface area contributed by atoms with Crippen LogP contribution in [-0.4, -0.2) is 41.2 Å². The monoisotopic (exact) mass is 205 g/mol. The van der Waals surface area contributed by atoms with Crippen LogP contribution in [0.1, 0.15) is 27.2 Å². The van der Waals surface area contributed by atoms with Gasteiger partial charge in [0.25, 0.3) is 0 Å². The van der Waals surface area contributed by atoms with Crippen molar-refractivity contribution in [1.82, 2.24) is 4.90 Å². The molecule has 3 atom stereocenters. The van der Waals surface area contributed by atoms with Crippen LogP contribution in [0.25, 0.3) is 0 Å². The molecule has 0 aromatic rings. The fourth-order valence-electron chi connectivity index (χ4n) is 1.84. The summed E-state index contributed by atoms with van der Waals surface area (Å²) in [4.78, 5) is 2.26. The van der Waals surface area contributed by atoms with Gasteiger partial charge in [-0.05, 0) is 6.42 Å². The van der Waals surface area contributed by atoms with Gasteiger partial charge in [0.2, 0.25) is 0 Å². The Morgan fingerprint density at radius 3 is 2.38 bits per heavy atom. The first-order valence-corrected chi connectivity index (χ1v) is 6.08. The normalized spacial score (nSPS) is 33.2. The standard InChI is InChI=1S/C10H20FNS/c1-4-10(11)7-12-5-8(2)13-9(3)6-12/h8-10H,4-7H2,1-3H3. The third-order valence-electron chi connectivity index (χ3n) is 2.39. The van der Waals surface area contributed by atoms with Crippen LogP contribution in [0.4, 0.5) is 4.39 Å². The predicted octanol–water partition coefficient (Wildman–Crippen LogP) is 2.56. The Hall–Kier alpha value is 0.240. The van der Waals surface area contributed by atoms with Gasteiger partial charge in [-0.15, -0.1) is 0 Å². The van der Waals surface area contributed by atoms with Crippen molar-refractivity contribution in [3.8, 4) is 0 Å². The number of thioether (sulfide) groups is 1. The molecular weight excluding hydrogens is 185 g/mol. The molecule has 3 heteroatoms. The zero-order chi connectivity index (χ0) is 9.84. The average Bonchev–Trinajstić information content (AvgIpc) is 2.02. The van der Waals surface area contributed by atoms with Gasteiger partial charge >= 0.3 is 0 Å². The van der Waals surface area contributed by atoms with Crippen molar-refractivity contribution < 1.29 is 4.39 Å². The molecule has 0 amide bonds. The molecule has 1 aliphatic heterocycles. The van der Waals surface area contributed by atoms with Crippen molar-refractivity contribution in [3.63, 3.8) is 0 Å². The van der Waals surface area contributed by atoms with Crippen LogP contribution in [0, 0.1) is 0 Å². The van der Waals surface area contributed by atoms with E-state index in [0.29, 0.717) is 23.5 Å². The Balaban J connectivity index is 2.32. The molecule has 0 aliphatic carbocycles. The average molecular weight is 205 g/mol. The summed E-state index contributed by atoms with van der Waals surface area (Å²) in [6.07, 6.45) is 0.00867. The quantitative estimate of drug-likeness (QED) is 0.696. The Bertz CT molecular complexity index is 144. The van der Waals surface area contributed by atoms with Gasteiger partial charge in [-0.3, -0.25) is 4.90 Å². The third kappa shape index (κ3) is 3.86. The maximum Gasteiger partial charge on any atom is 0.112 e. The molecule has 0 bridgehead atoms. The second kappa shape index (κ2) is 5.20. The Kier molecular flexibility index (Phi) is 4.53. The van der Waals surface area contributed by atoms with Crippen LogP contribution >= 0.6 is 11.8 Å². The van der Waals surface area contributed by atoms with Crippen LogP contribution < -0.4 is 0 Å². The lowest BCUT2D eigenvalue weighted by molar-refractivity contribution is 0.186. The molecule has 1 saturated heterocycles. The summed E-state index contributed by atoms with van der Waals surface area (Å²) in [6.45, 7) is 9.10. The van der Waals surface area contributed by atoms with E-state index in [4.69, 9.17) is 0 Å². The molecule has 1 fully saturated rings. The summed E-state index contributed by atoms with van der Waals surface area (Å²) in [5, 5.41) is 1.32. The van der Waals surface area contributed by atoms with Crippen molar-refractivity contribution in [2.24, 2.45) is 0 Å². The minimum absolute atomic E-state index is 0.631. The molecule has 1 aliphatic rings. The minimum Gasteiger partial charge on any atom is -0.298 e. The van der Waals surface area contributed by atoms with E-state index in [1.807, 2.05) is 18.7 Å². The van der Waals surface area contributed by atoms with Crippen LogP contribution in [0.2, 0.25) is 0 Å². The molecule has 78 valence electrons. The van der Waals surface area contributed by atoms with Gasteiger partial charge in [0.15, 0.2) is 0 Å². The second-order valence-corrected chi connectivity index (χ2v) is 5.86. The van der Waals surface area contributed by atoms with Gasteiger partial charge in [-0.1, -0.05) is 20.8 Å². The highest BCUT2D eigenvalue weighted by molar-refractivity contribution is 8.00. The molecule has 0 N–H and O–H groups in total. The summed E-state index contributed by atoms with van der Waals surface area (Å²) >= 11 is 2.02. The molecule has 0 spiro atoms. The largest absolute Gasteiger partial charge is 0.298 e. The molecule has 0 radical (unpaired) electrons. The molecular formula is C10H20FNS. The molecule has 1 heterocycles. The number of hydrogen-bond donors (Lipinski definition) is 0. The summed E-state index contributed by atoms with van der Waals surface area (Å²) in [5.41, 5.74) is 0. The van der Waals surface area contributed by atoms with Gasteiger partial charge < -0.3 is 0 Å². The van der Waals surface area contributed by atoms with Crippen LogP contribution in [0.15, 0.2) is 0 Å². The lowest BCUT2D eigenvalue weighted by atomic mass is 10.2. The predicted molar refractivity (Wildman–Crippen MR) is 58.1 cm³/mol. The number of alkyl halides is 1. The first kappa shape index (κ1) is 11.3. The van der Waals surface area contributed by atoms with Crippen molar-refractivity contribution in [1.29, 1.82) is 0 Å². The Morgan fingerprint density at radius 2 is 1.92 bits per heavy atom. The summed E-state index contributed by atoms with van der Waals surface area (Å²) in [5.74, 6) is 0. The van der Waals surface area contributed by atoms with Gasteiger partial charge in [0, 0.05) is 30.1 Å². The van der Waals surface area contributed by atoms with Crippen molar-refractivity contribution in [2.75, 3.05) is 19.6 Å². The van der Waals surface area contributed by atoms with Crippen LogP contribution in [-0.2, 0) is 0 Å². The first-order chi connectivity index (χ1) is 6.11. The van der Waals surface area contributed by atoms with Crippen LogP contribution in [0.3, 0.4) is 0 Å². The number of rotatable bonds is 3. The summed E-state index contributed by atoms with van der Waals surface area (Å²) in [7, 11) is 0. The third-order valence-corrected chi connectivity index (χ3v) is 3.62. The first-order valence-electron chi connectivity index (χ1n) is 5.13. The number of hydrogen-bond acceptors (Lipinski definition) is 2.